The number of piperidine rings is 1. The van der Waals surface area contributed by atoms with E-state index in [2.05, 4.69) is 10.3 Å². The van der Waals surface area contributed by atoms with Crippen LogP contribution >= 0.6 is 0 Å². The lowest BCUT2D eigenvalue weighted by atomic mass is 10.00. The summed E-state index contributed by atoms with van der Waals surface area (Å²) in [7, 11) is 0. The third-order valence-electron chi connectivity index (χ3n) is 4.83. The number of hydrogen-bond acceptors (Lipinski definition) is 5. The molecule has 1 aromatic heterocycles. The van der Waals surface area contributed by atoms with Crippen molar-refractivity contribution in [2.24, 2.45) is 0 Å². The molecule has 0 N–H and O–H groups in total. The van der Waals surface area contributed by atoms with E-state index in [-0.39, 0.29) is 18.1 Å². The Kier molecular flexibility index (Phi) is 4.65. The molecule has 2 aromatic rings. The highest BCUT2D eigenvalue weighted by molar-refractivity contribution is 5.76. The number of amides is 1. The predicted octanol–water partition coefficient (Wildman–Crippen LogP) is 1.81. The second-order valence-electron chi connectivity index (χ2n) is 6.48. The van der Waals surface area contributed by atoms with Crippen molar-refractivity contribution < 1.29 is 14.3 Å². The van der Waals surface area contributed by atoms with Crippen LogP contribution in [0.3, 0.4) is 0 Å². The van der Waals surface area contributed by atoms with Crippen molar-refractivity contribution in [1.29, 1.82) is 0 Å². The second-order valence-corrected chi connectivity index (χ2v) is 6.48. The molecule has 7 nitrogen and oxygen atoms in total. The summed E-state index contributed by atoms with van der Waals surface area (Å²) < 4.78 is 13.5. The monoisotopic (exact) mass is 342 g/mol. The summed E-state index contributed by atoms with van der Waals surface area (Å²) in [6.45, 7) is 2.48. The van der Waals surface area contributed by atoms with Crippen molar-refractivity contribution in [3.63, 3.8) is 0 Å². The van der Waals surface area contributed by atoms with Crippen LogP contribution in [0, 0.1) is 0 Å². The molecule has 2 aliphatic rings. The molecule has 0 bridgehead atoms. The molecule has 7 heteroatoms. The highest BCUT2D eigenvalue weighted by Crippen LogP contribution is 2.30. The third kappa shape index (κ3) is 3.51. The molecule has 1 aromatic carbocycles. The summed E-state index contributed by atoms with van der Waals surface area (Å²) >= 11 is 0. The first-order chi connectivity index (χ1) is 12.3. The Hall–Kier alpha value is -2.41. The van der Waals surface area contributed by atoms with Crippen molar-refractivity contribution >= 4 is 5.91 Å². The number of carbonyl (C=O) groups is 1. The number of carbonyl (C=O) groups excluding carboxylic acids is 1. The number of benzene rings is 1. The molecule has 3 heterocycles. The van der Waals surface area contributed by atoms with Gasteiger partial charge in [0.05, 0.1) is 37.3 Å². The molecule has 4 rings (SSSR count). The topological polar surface area (TPSA) is 69.5 Å². The van der Waals surface area contributed by atoms with E-state index in [0.717, 1.165) is 24.4 Å². The number of rotatable bonds is 5. The maximum Gasteiger partial charge on any atom is 0.222 e. The fourth-order valence-electron chi connectivity index (χ4n) is 3.49. The summed E-state index contributed by atoms with van der Waals surface area (Å²) in [5, 5.41) is 8.14. The fraction of sp³-hybridized carbons (Fsp3) is 0.500. The van der Waals surface area contributed by atoms with Gasteiger partial charge in [-0.3, -0.25) is 4.79 Å². The standard InChI is InChI=1S/C18H22N4O3/c23-18(7-4-10-24-15-5-2-1-3-6-15)21-9-8-17-16(12-21)22-14(13-25-17)11-19-20-22/h1-3,5-6,11,16-17H,4,7-10,12-13H2/t16-,17+/m0/s1. The summed E-state index contributed by atoms with van der Waals surface area (Å²) in [6, 6.07) is 9.75. The second kappa shape index (κ2) is 7.23. The minimum Gasteiger partial charge on any atom is -0.494 e. The van der Waals surface area contributed by atoms with Crippen molar-refractivity contribution in [3.8, 4) is 5.75 Å². The summed E-state index contributed by atoms with van der Waals surface area (Å²) in [5.74, 6) is 1.01. The number of fused-ring (bicyclic) bond motifs is 3. The summed E-state index contributed by atoms with van der Waals surface area (Å²) in [4.78, 5) is 14.4. The van der Waals surface area contributed by atoms with Gasteiger partial charge in [0.15, 0.2) is 0 Å². The van der Waals surface area contributed by atoms with Crippen LogP contribution in [0.25, 0.3) is 0 Å². The Bertz CT molecular complexity index is 718. The molecule has 2 aliphatic heterocycles. The first kappa shape index (κ1) is 16.1. The van der Waals surface area contributed by atoms with E-state index in [9.17, 15) is 4.79 Å². The first-order valence-corrected chi connectivity index (χ1v) is 8.77. The highest BCUT2D eigenvalue weighted by Gasteiger charge is 2.37. The lowest BCUT2D eigenvalue weighted by molar-refractivity contribution is -0.138. The van der Waals surface area contributed by atoms with Gasteiger partial charge in [-0.05, 0) is 25.0 Å². The van der Waals surface area contributed by atoms with Crippen molar-refractivity contribution in [2.75, 3.05) is 19.7 Å². The minimum atomic E-state index is 0.0736. The molecule has 1 amide bonds. The molecule has 0 aliphatic carbocycles. The first-order valence-electron chi connectivity index (χ1n) is 8.77. The van der Waals surface area contributed by atoms with Gasteiger partial charge in [-0.2, -0.15) is 0 Å². The average Bonchev–Trinajstić information content (AvgIpc) is 3.15. The van der Waals surface area contributed by atoms with Crippen LogP contribution in [-0.4, -0.2) is 51.6 Å². The van der Waals surface area contributed by atoms with Gasteiger partial charge < -0.3 is 14.4 Å². The van der Waals surface area contributed by atoms with Gasteiger partial charge in [-0.25, -0.2) is 4.68 Å². The van der Waals surface area contributed by atoms with Gasteiger partial charge in [0, 0.05) is 19.5 Å². The average molecular weight is 342 g/mol. The predicted molar refractivity (Wildman–Crippen MR) is 90.0 cm³/mol. The summed E-state index contributed by atoms with van der Waals surface area (Å²) in [5.41, 5.74) is 0.979. The van der Waals surface area contributed by atoms with E-state index in [1.807, 2.05) is 39.9 Å². The largest absolute Gasteiger partial charge is 0.494 e. The Morgan fingerprint density at radius 1 is 1.32 bits per heavy atom. The lowest BCUT2D eigenvalue weighted by Crippen LogP contribution is -2.49. The maximum atomic E-state index is 12.5. The normalized spacial score (nSPS) is 22.2. The van der Waals surface area contributed by atoms with E-state index in [1.54, 1.807) is 6.20 Å². The Labute approximate surface area is 146 Å². The molecule has 0 saturated carbocycles. The molecule has 1 fully saturated rings. The molecule has 0 unspecified atom stereocenters. The van der Waals surface area contributed by atoms with Crippen LogP contribution in [0.5, 0.6) is 5.75 Å². The molecular formula is C18H22N4O3. The summed E-state index contributed by atoms with van der Waals surface area (Å²) in [6.07, 6.45) is 3.91. The SMILES string of the molecule is O=C(CCCOc1ccccc1)N1CC[C@H]2OCc3cnnn3[C@H]2C1. The molecule has 2 atom stereocenters. The van der Waals surface area contributed by atoms with Crippen molar-refractivity contribution in [3.05, 3.63) is 42.2 Å². The zero-order valence-corrected chi connectivity index (χ0v) is 14.1. The van der Waals surface area contributed by atoms with E-state index < -0.39 is 0 Å². The zero-order valence-electron chi connectivity index (χ0n) is 14.1. The van der Waals surface area contributed by atoms with Crippen LogP contribution in [0.2, 0.25) is 0 Å². The Balaban J connectivity index is 1.27. The Morgan fingerprint density at radius 2 is 2.20 bits per heavy atom. The molecule has 25 heavy (non-hydrogen) atoms. The van der Waals surface area contributed by atoms with Gasteiger partial charge >= 0.3 is 0 Å². The van der Waals surface area contributed by atoms with Crippen molar-refractivity contribution in [1.82, 2.24) is 19.9 Å². The molecule has 0 radical (unpaired) electrons. The molecule has 1 saturated heterocycles. The van der Waals surface area contributed by atoms with Gasteiger partial charge in [0.2, 0.25) is 5.91 Å². The molecule has 0 spiro atoms. The van der Waals surface area contributed by atoms with Gasteiger partial charge in [0.1, 0.15) is 5.75 Å². The number of aromatic nitrogens is 3. The zero-order chi connectivity index (χ0) is 17.1. The minimum absolute atomic E-state index is 0.0736. The van der Waals surface area contributed by atoms with Crippen LogP contribution in [-0.2, 0) is 16.1 Å². The van der Waals surface area contributed by atoms with Crippen molar-refractivity contribution in [2.45, 2.75) is 38.0 Å². The quantitative estimate of drug-likeness (QED) is 0.775. The number of nitrogens with zero attached hydrogens (tertiary/aromatic N) is 4. The molecular weight excluding hydrogens is 320 g/mol. The highest BCUT2D eigenvalue weighted by atomic mass is 16.5. The third-order valence-corrected chi connectivity index (χ3v) is 4.83. The van der Waals surface area contributed by atoms with Crippen LogP contribution in [0.1, 0.15) is 31.0 Å². The number of hydrogen-bond donors (Lipinski definition) is 0. The van der Waals surface area contributed by atoms with Crippen LogP contribution in [0.15, 0.2) is 36.5 Å². The number of ether oxygens (including phenoxy) is 2. The van der Waals surface area contributed by atoms with Gasteiger partial charge in [0.25, 0.3) is 0 Å². The number of para-hydroxylation sites is 1. The lowest BCUT2D eigenvalue weighted by Gasteiger charge is -2.41. The van der Waals surface area contributed by atoms with E-state index in [0.29, 0.717) is 32.6 Å². The van der Waals surface area contributed by atoms with Gasteiger partial charge in [-0.1, -0.05) is 23.4 Å². The van der Waals surface area contributed by atoms with Gasteiger partial charge in [-0.15, -0.1) is 5.10 Å². The Morgan fingerprint density at radius 3 is 3.08 bits per heavy atom. The van der Waals surface area contributed by atoms with E-state index in [4.69, 9.17) is 9.47 Å². The molecule has 132 valence electrons. The van der Waals surface area contributed by atoms with E-state index in [1.165, 1.54) is 0 Å². The van der Waals surface area contributed by atoms with E-state index >= 15 is 0 Å². The van der Waals surface area contributed by atoms with Crippen LogP contribution < -0.4 is 4.74 Å². The van der Waals surface area contributed by atoms with Crippen LogP contribution in [0.4, 0.5) is 0 Å². The maximum absolute atomic E-state index is 12.5. The smallest absolute Gasteiger partial charge is 0.222 e. The fourth-order valence-corrected chi connectivity index (χ4v) is 3.49. The number of likely N-dealkylation sites (tertiary alicyclic amines) is 1.